The highest BCUT2D eigenvalue weighted by atomic mass is 32.2. The molecule has 0 heterocycles. The maximum absolute atomic E-state index is 12.7. The SMILES string of the molecule is CCOc1ccc(C(=O)Nc2ccc(S(N)(=O)=O)cc2)cc1COc1ccccc1C. The van der Waals surface area contributed by atoms with Crippen LogP contribution in [0.4, 0.5) is 5.69 Å². The van der Waals surface area contributed by atoms with Crippen molar-refractivity contribution < 1.29 is 22.7 Å². The average molecular weight is 441 g/mol. The summed E-state index contributed by atoms with van der Waals surface area (Å²) in [5.41, 5.74) is 2.62. The summed E-state index contributed by atoms with van der Waals surface area (Å²) in [4.78, 5) is 12.7. The number of hydrogen-bond donors (Lipinski definition) is 2. The number of aryl methyl sites for hydroxylation is 1. The number of anilines is 1. The normalized spacial score (nSPS) is 11.1. The van der Waals surface area contributed by atoms with Gasteiger partial charge in [0.25, 0.3) is 5.91 Å². The molecule has 0 aliphatic rings. The molecule has 0 saturated heterocycles. The summed E-state index contributed by atoms with van der Waals surface area (Å²) >= 11 is 0. The van der Waals surface area contributed by atoms with Gasteiger partial charge >= 0.3 is 0 Å². The number of ether oxygens (including phenoxy) is 2. The van der Waals surface area contributed by atoms with E-state index in [9.17, 15) is 13.2 Å². The van der Waals surface area contributed by atoms with Crippen LogP contribution in [-0.2, 0) is 16.6 Å². The summed E-state index contributed by atoms with van der Waals surface area (Å²) < 4.78 is 34.3. The third-order valence-electron chi connectivity index (χ3n) is 4.54. The molecular formula is C23H24N2O5S. The Kier molecular flexibility index (Phi) is 6.94. The summed E-state index contributed by atoms with van der Waals surface area (Å²) in [6.45, 7) is 4.57. The Morgan fingerprint density at radius 3 is 2.32 bits per heavy atom. The molecule has 0 atom stereocenters. The third kappa shape index (κ3) is 5.84. The number of hydrogen-bond acceptors (Lipinski definition) is 5. The second-order valence-electron chi connectivity index (χ2n) is 6.83. The van der Waals surface area contributed by atoms with Crippen LogP contribution in [0.15, 0.2) is 71.6 Å². The summed E-state index contributed by atoms with van der Waals surface area (Å²) in [7, 11) is -3.79. The first kappa shape index (κ1) is 22.3. The number of sulfonamides is 1. The second kappa shape index (κ2) is 9.63. The summed E-state index contributed by atoms with van der Waals surface area (Å²) in [6, 6.07) is 18.4. The molecule has 0 aromatic heterocycles. The molecule has 3 aromatic rings. The quantitative estimate of drug-likeness (QED) is 0.553. The van der Waals surface area contributed by atoms with Gasteiger partial charge in [-0.05, 0) is 67.9 Å². The number of carbonyl (C=O) groups excluding carboxylic acids is 1. The van der Waals surface area contributed by atoms with E-state index in [2.05, 4.69) is 5.32 Å². The minimum atomic E-state index is -3.79. The fourth-order valence-corrected chi connectivity index (χ4v) is 3.45. The number of carbonyl (C=O) groups is 1. The summed E-state index contributed by atoms with van der Waals surface area (Å²) in [5.74, 6) is 1.06. The topological polar surface area (TPSA) is 108 Å². The molecule has 31 heavy (non-hydrogen) atoms. The fraction of sp³-hybridized carbons (Fsp3) is 0.174. The van der Waals surface area contributed by atoms with Crippen LogP contribution in [-0.4, -0.2) is 20.9 Å². The minimum Gasteiger partial charge on any atom is -0.493 e. The predicted octanol–water partition coefficient (Wildman–Crippen LogP) is 3.87. The average Bonchev–Trinajstić information content (AvgIpc) is 2.74. The molecule has 162 valence electrons. The number of amides is 1. The Hall–Kier alpha value is -3.36. The Balaban J connectivity index is 1.78. The smallest absolute Gasteiger partial charge is 0.255 e. The molecule has 3 N–H and O–H groups in total. The molecule has 3 aromatic carbocycles. The van der Waals surface area contributed by atoms with E-state index in [4.69, 9.17) is 14.6 Å². The molecule has 0 bridgehead atoms. The number of nitrogens with two attached hydrogens (primary N) is 1. The lowest BCUT2D eigenvalue weighted by molar-refractivity contribution is 0.102. The fourth-order valence-electron chi connectivity index (χ4n) is 2.93. The molecule has 0 unspecified atom stereocenters. The van der Waals surface area contributed by atoms with Crippen molar-refractivity contribution in [1.82, 2.24) is 0 Å². The summed E-state index contributed by atoms with van der Waals surface area (Å²) in [6.07, 6.45) is 0. The number of para-hydroxylation sites is 1. The van der Waals surface area contributed by atoms with Crippen LogP contribution >= 0.6 is 0 Å². The van der Waals surface area contributed by atoms with Crippen molar-refractivity contribution in [2.24, 2.45) is 5.14 Å². The molecule has 0 aliphatic heterocycles. The van der Waals surface area contributed by atoms with Crippen molar-refractivity contribution in [3.05, 3.63) is 83.4 Å². The zero-order valence-corrected chi connectivity index (χ0v) is 18.1. The highest BCUT2D eigenvalue weighted by molar-refractivity contribution is 7.89. The van der Waals surface area contributed by atoms with Crippen molar-refractivity contribution in [2.45, 2.75) is 25.3 Å². The molecule has 0 saturated carbocycles. The van der Waals surface area contributed by atoms with Crippen molar-refractivity contribution in [1.29, 1.82) is 0 Å². The van der Waals surface area contributed by atoms with E-state index >= 15 is 0 Å². The Labute approximate surface area is 181 Å². The van der Waals surface area contributed by atoms with Crippen molar-refractivity contribution >= 4 is 21.6 Å². The van der Waals surface area contributed by atoms with Crippen LogP contribution in [0.2, 0.25) is 0 Å². The Morgan fingerprint density at radius 2 is 1.68 bits per heavy atom. The van der Waals surface area contributed by atoms with Gasteiger partial charge in [-0.15, -0.1) is 0 Å². The molecular weight excluding hydrogens is 416 g/mol. The molecule has 0 fully saturated rings. The zero-order valence-electron chi connectivity index (χ0n) is 17.3. The van der Waals surface area contributed by atoms with Crippen LogP contribution in [0, 0.1) is 6.92 Å². The van der Waals surface area contributed by atoms with E-state index in [1.807, 2.05) is 38.1 Å². The van der Waals surface area contributed by atoms with Crippen LogP contribution in [0.5, 0.6) is 11.5 Å². The maximum Gasteiger partial charge on any atom is 0.255 e. The Morgan fingerprint density at radius 1 is 0.968 bits per heavy atom. The van der Waals surface area contributed by atoms with Gasteiger partial charge in [-0.2, -0.15) is 0 Å². The molecule has 0 spiro atoms. The van der Waals surface area contributed by atoms with Gasteiger partial charge in [0.15, 0.2) is 0 Å². The lowest BCUT2D eigenvalue weighted by Gasteiger charge is -2.14. The van der Waals surface area contributed by atoms with Crippen LogP contribution < -0.4 is 19.9 Å². The van der Waals surface area contributed by atoms with Gasteiger partial charge < -0.3 is 14.8 Å². The maximum atomic E-state index is 12.7. The molecule has 0 radical (unpaired) electrons. The van der Waals surface area contributed by atoms with Gasteiger partial charge in [-0.25, -0.2) is 13.6 Å². The van der Waals surface area contributed by atoms with E-state index in [0.717, 1.165) is 16.9 Å². The third-order valence-corrected chi connectivity index (χ3v) is 5.47. The summed E-state index contributed by atoms with van der Waals surface area (Å²) in [5, 5.41) is 7.84. The van der Waals surface area contributed by atoms with Crippen LogP contribution in [0.1, 0.15) is 28.4 Å². The first-order valence-corrected chi connectivity index (χ1v) is 11.2. The standard InChI is InChI=1S/C23H24N2O5S/c1-3-29-22-13-8-17(14-18(22)15-30-21-7-5-4-6-16(21)2)23(26)25-19-9-11-20(12-10-19)31(24,27)28/h4-14H,3,15H2,1-2H3,(H,25,26)(H2,24,27,28). The van der Waals surface area contributed by atoms with E-state index in [1.165, 1.54) is 24.3 Å². The number of benzene rings is 3. The van der Waals surface area contributed by atoms with E-state index in [0.29, 0.717) is 23.6 Å². The first-order chi connectivity index (χ1) is 14.8. The molecule has 0 aliphatic carbocycles. The van der Waals surface area contributed by atoms with Crippen molar-refractivity contribution in [2.75, 3.05) is 11.9 Å². The lowest BCUT2D eigenvalue weighted by atomic mass is 10.1. The van der Waals surface area contributed by atoms with Gasteiger partial charge in [0.05, 0.1) is 11.5 Å². The lowest BCUT2D eigenvalue weighted by Crippen LogP contribution is -2.14. The van der Waals surface area contributed by atoms with Gasteiger partial charge in [-0.1, -0.05) is 18.2 Å². The van der Waals surface area contributed by atoms with Crippen molar-refractivity contribution in [3.63, 3.8) is 0 Å². The minimum absolute atomic E-state index is 0.0257. The highest BCUT2D eigenvalue weighted by Crippen LogP contribution is 2.25. The van der Waals surface area contributed by atoms with Gasteiger partial charge in [-0.3, -0.25) is 4.79 Å². The first-order valence-electron chi connectivity index (χ1n) is 9.66. The van der Waals surface area contributed by atoms with E-state index in [1.54, 1.807) is 18.2 Å². The number of primary sulfonamides is 1. The van der Waals surface area contributed by atoms with E-state index in [-0.39, 0.29) is 17.4 Å². The zero-order chi connectivity index (χ0) is 22.4. The second-order valence-corrected chi connectivity index (χ2v) is 8.39. The van der Waals surface area contributed by atoms with Gasteiger partial charge in [0.2, 0.25) is 10.0 Å². The van der Waals surface area contributed by atoms with E-state index < -0.39 is 10.0 Å². The number of rotatable bonds is 8. The predicted molar refractivity (Wildman–Crippen MR) is 119 cm³/mol. The van der Waals surface area contributed by atoms with Gasteiger partial charge in [0.1, 0.15) is 18.1 Å². The molecule has 1 amide bonds. The monoisotopic (exact) mass is 440 g/mol. The highest BCUT2D eigenvalue weighted by Gasteiger charge is 2.13. The largest absolute Gasteiger partial charge is 0.493 e. The molecule has 8 heteroatoms. The molecule has 3 rings (SSSR count). The van der Waals surface area contributed by atoms with Gasteiger partial charge in [0, 0.05) is 16.8 Å². The van der Waals surface area contributed by atoms with Crippen LogP contribution in [0.3, 0.4) is 0 Å². The van der Waals surface area contributed by atoms with Crippen molar-refractivity contribution in [3.8, 4) is 11.5 Å². The Bertz CT molecular complexity index is 1170. The molecule has 7 nitrogen and oxygen atoms in total. The number of nitrogens with one attached hydrogen (secondary N) is 1. The van der Waals surface area contributed by atoms with Crippen LogP contribution in [0.25, 0.3) is 0 Å².